The minimum Gasteiger partial charge on any atom is -0.374 e. The lowest BCUT2D eigenvalue weighted by atomic mass is 10.2. The summed E-state index contributed by atoms with van der Waals surface area (Å²) in [6.45, 7) is 6.41. The van der Waals surface area contributed by atoms with Crippen molar-refractivity contribution in [1.82, 2.24) is 20.4 Å². The summed E-state index contributed by atoms with van der Waals surface area (Å²) >= 11 is 0. The van der Waals surface area contributed by atoms with Gasteiger partial charge >= 0.3 is 0 Å². The highest BCUT2D eigenvalue weighted by atomic mass is 16.5. The van der Waals surface area contributed by atoms with Gasteiger partial charge in [0, 0.05) is 26.1 Å². The number of ether oxygens (including phenoxy) is 1. The van der Waals surface area contributed by atoms with Crippen LogP contribution in [0.5, 0.6) is 0 Å². The Hall–Kier alpha value is -0.980. The van der Waals surface area contributed by atoms with Crippen LogP contribution in [-0.2, 0) is 17.7 Å². The van der Waals surface area contributed by atoms with E-state index >= 15 is 0 Å². The van der Waals surface area contributed by atoms with Crippen LogP contribution in [0.3, 0.4) is 0 Å². The molecule has 6 nitrogen and oxygen atoms in total. The fraction of sp³-hybridized carbons (Fsp3) is 0.846. The van der Waals surface area contributed by atoms with E-state index in [2.05, 4.69) is 34.3 Å². The Morgan fingerprint density at radius 1 is 1.47 bits per heavy atom. The van der Waals surface area contributed by atoms with E-state index in [4.69, 9.17) is 9.26 Å². The van der Waals surface area contributed by atoms with Crippen LogP contribution in [0.1, 0.15) is 31.5 Å². The van der Waals surface area contributed by atoms with Crippen molar-refractivity contribution in [3.05, 3.63) is 11.7 Å². The monoisotopic (exact) mass is 268 g/mol. The van der Waals surface area contributed by atoms with Crippen LogP contribution in [0.25, 0.3) is 0 Å². The van der Waals surface area contributed by atoms with Crippen LogP contribution in [-0.4, -0.2) is 54.4 Å². The number of hydrogen-bond acceptors (Lipinski definition) is 6. The van der Waals surface area contributed by atoms with Crippen LogP contribution in [0.4, 0.5) is 0 Å². The highest BCUT2D eigenvalue weighted by molar-refractivity contribution is 4.86. The Kier molecular flexibility index (Phi) is 5.75. The second-order valence-electron chi connectivity index (χ2n) is 5.09. The summed E-state index contributed by atoms with van der Waals surface area (Å²) in [4.78, 5) is 6.64. The lowest BCUT2D eigenvalue weighted by Crippen LogP contribution is -2.44. The third kappa shape index (κ3) is 4.89. The quantitative estimate of drug-likeness (QED) is 0.790. The minimum atomic E-state index is 0.255. The largest absolute Gasteiger partial charge is 0.374 e. The maximum absolute atomic E-state index is 5.68. The average molecular weight is 268 g/mol. The first kappa shape index (κ1) is 14.4. The smallest absolute Gasteiger partial charge is 0.226 e. The first-order chi connectivity index (χ1) is 9.28. The van der Waals surface area contributed by atoms with E-state index in [0.717, 1.165) is 57.2 Å². The molecule has 1 fully saturated rings. The van der Waals surface area contributed by atoms with Crippen molar-refractivity contribution >= 4 is 0 Å². The molecule has 2 heterocycles. The Labute approximate surface area is 114 Å². The molecule has 0 saturated carbocycles. The number of aromatic nitrogens is 2. The highest BCUT2D eigenvalue weighted by Gasteiger charge is 2.17. The van der Waals surface area contributed by atoms with E-state index in [1.807, 2.05) is 0 Å². The molecule has 1 saturated heterocycles. The zero-order chi connectivity index (χ0) is 13.5. The average Bonchev–Trinajstić information content (AvgIpc) is 2.84. The maximum atomic E-state index is 5.68. The van der Waals surface area contributed by atoms with Crippen molar-refractivity contribution in [1.29, 1.82) is 0 Å². The van der Waals surface area contributed by atoms with Crippen molar-refractivity contribution < 1.29 is 9.26 Å². The first-order valence-electron chi connectivity index (χ1n) is 7.10. The van der Waals surface area contributed by atoms with Gasteiger partial charge < -0.3 is 19.5 Å². The zero-order valence-electron chi connectivity index (χ0n) is 11.9. The minimum absolute atomic E-state index is 0.255. The maximum Gasteiger partial charge on any atom is 0.226 e. The molecular weight excluding hydrogens is 244 g/mol. The number of aryl methyl sites for hydroxylation is 1. The summed E-state index contributed by atoms with van der Waals surface area (Å²) in [7, 11) is 2.12. The lowest BCUT2D eigenvalue weighted by molar-refractivity contribution is -0.0182. The van der Waals surface area contributed by atoms with Gasteiger partial charge in [0.1, 0.15) is 0 Å². The van der Waals surface area contributed by atoms with Crippen molar-refractivity contribution in [2.24, 2.45) is 0 Å². The molecular formula is C13H24N4O2. The molecule has 1 aliphatic rings. The molecule has 19 heavy (non-hydrogen) atoms. The van der Waals surface area contributed by atoms with E-state index in [1.54, 1.807) is 0 Å². The molecule has 0 radical (unpaired) electrons. The molecule has 0 aliphatic carbocycles. The predicted octanol–water partition coefficient (Wildman–Crippen LogP) is 0.832. The van der Waals surface area contributed by atoms with Gasteiger partial charge in [-0.05, 0) is 13.5 Å². The number of hydrogen-bond donors (Lipinski definition) is 1. The molecule has 2 rings (SSSR count). The van der Waals surface area contributed by atoms with Crippen molar-refractivity contribution in [3.8, 4) is 0 Å². The third-order valence-corrected chi connectivity index (χ3v) is 3.25. The van der Waals surface area contributed by atoms with Gasteiger partial charge in [-0.2, -0.15) is 4.98 Å². The molecule has 1 N–H and O–H groups in total. The van der Waals surface area contributed by atoms with Crippen molar-refractivity contribution in [2.45, 2.75) is 38.8 Å². The third-order valence-electron chi connectivity index (χ3n) is 3.25. The fourth-order valence-corrected chi connectivity index (χ4v) is 2.13. The number of unbranched alkanes of at least 4 members (excludes halogenated alkanes) is 1. The van der Waals surface area contributed by atoms with Crippen LogP contribution in [0.2, 0.25) is 0 Å². The molecule has 0 bridgehead atoms. The number of likely N-dealkylation sites (N-methyl/N-ethyl adjacent to an activating group) is 1. The Morgan fingerprint density at radius 3 is 3.16 bits per heavy atom. The summed E-state index contributed by atoms with van der Waals surface area (Å²) in [5.74, 6) is 1.47. The van der Waals surface area contributed by atoms with E-state index in [0.29, 0.717) is 6.54 Å². The predicted molar refractivity (Wildman–Crippen MR) is 71.9 cm³/mol. The molecule has 0 amide bonds. The summed E-state index contributed by atoms with van der Waals surface area (Å²) < 4.78 is 10.9. The first-order valence-corrected chi connectivity index (χ1v) is 7.10. The molecule has 6 heteroatoms. The van der Waals surface area contributed by atoms with Crippen molar-refractivity contribution in [3.63, 3.8) is 0 Å². The van der Waals surface area contributed by atoms with Gasteiger partial charge in [0.25, 0.3) is 0 Å². The van der Waals surface area contributed by atoms with Gasteiger partial charge in [-0.15, -0.1) is 0 Å². The van der Waals surface area contributed by atoms with Crippen LogP contribution >= 0.6 is 0 Å². The zero-order valence-corrected chi connectivity index (χ0v) is 11.9. The summed E-state index contributed by atoms with van der Waals surface area (Å²) in [6, 6.07) is 0. The Balaban J connectivity index is 1.66. The molecule has 1 atom stereocenters. The number of nitrogens with zero attached hydrogens (tertiary/aromatic N) is 3. The van der Waals surface area contributed by atoms with E-state index in [-0.39, 0.29) is 6.10 Å². The van der Waals surface area contributed by atoms with Crippen LogP contribution in [0, 0.1) is 0 Å². The molecule has 1 aromatic rings. The number of nitrogens with one attached hydrogen (secondary N) is 1. The van der Waals surface area contributed by atoms with E-state index in [1.165, 1.54) is 0 Å². The second kappa shape index (κ2) is 7.57. The summed E-state index contributed by atoms with van der Waals surface area (Å²) in [5.41, 5.74) is 0. The Bertz CT molecular complexity index is 369. The van der Waals surface area contributed by atoms with Gasteiger partial charge in [0.05, 0.1) is 19.3 Å². The summed E-state index contributed by atoms with van der Waals surface area (Å²) in [5, 5.41) is 7.29. The van der Waals surface area contributed by atoms with Crippen molar-refractivity contribution in [2.75, 3.05) is 33.3 Å². The normalized spacial score (nSPS) is 20.8. The molecule has 108 valence electrons. The van der Waals surface area contributed by atoms with Gasteiger partial charge in [-0.1, -0.05) is 18.5 Å². The van der Waals surface area contributed by atoms with Gasteiger partial charge in [-0.3, -0.25) is 0 Å². The molecule has 0 spiro atoms. The van der Waals surface area contributed by atoms with E-state index < -0.39 is 0 Å². The van der Waals surface area contributed by atoms with Crippen LogP contribution in [0.15, 0.2) is 4.52 Å². The van der Waals surface area contributed by atoms with Gasteiger partial charge in [0.15, 0.2) is 5.82 Å². The molecule has 1 aliphatic heterocycles. The van der Waals surface area contributed by atoms with E-state index in [9.17, 15) is 0 Å². The Morgan fingerprint density at radius 2 is 2.37 bits per heavy atom. The molecule has 0 aromatic carbocycles. The van der Waals surface area contributed by atoms with Crippen LogP contribution < -0.4 is 5.32 Å². The van der Waals surface area contributed by atoms with Gasteiger partial charge in [0.2, 0.25) is 5.89 Å². The number of morpholine rings is 1. The lowest BCUT2D eigenvalue weighted by Gasteiger charge is -2.30. The highest BCUT2D eigenvalue weighted by Crippen LogP contribution is 2.04. The summed E-state index contributed by atoms with van der Waals surface area (Å²) in [6.07, 6.45) is 3.37. The second-order valence-corrected chi connectivity index (χ2v) is 5.09. The SMILES string of the molecule is CCCCc1nc(CNC[C@H]2CN(C)CCO2)no1. The van der Waals surface area contributed by atoms with Gasteiger partial charge in [-0.25, -0.2) is 0 Å². The number of rotatable bonds is 7. The molecule has 0 unspecified atom stereocenters. The standard InChI is InChI=1S/C13H24N4O2/c1-3-4-5-13-15-12(16-19-13)9-14-8-11-10-17(2)6-7-18-11/h11,14H,3-10H2,1-2H3/t11-/m0/s1. The topological polar surface area (TPSA) is 63.4 Å². The molecule has 1 aromatic heterocycles. The fourth-order valence-electron chi connectivity index (χ4n) is 2.13.